The van der Waals surface area contributed by atoms with Crippen LogP contribution in [0.3, 0.4) is 0 Å². The fraction of sp³-hybridized carbons (Fsp3) is 0.333. The molecule has 5 heteroatoms. The highest BCUT2D eigenvalue weighted by Crippen LogP contribution is 2.11. The Hall–Kier alpha value is -2.82. The Morgan fingerprint density at radius 1 is 1.08 bits per heavy atom. The van der Waals surface area contributed by atoms with E-state index in [0.29, 0.717) is 12.1 Å². The van der Waals surface area contributed by atoms with Crippen LogP contribution in [0.4, 0.5) is 5.69 Å². The van der Waals surface area contributed by atoms with Gasteiger partial charge in [-0.25, -0.2) is 0 Å². The Morgan fingerprint density at radius 3 is 2.46 bits per heavy atom. The summed E-state index contributed by atoms with van der Waals surface area (Å²) in [6.45, 7) is 4.39. The molecule has 0 unspecified atom stereocenters. The lowest BCUT2D eigenvalue weighted by molar-refractivity contribution is 0.0951. The van der Waals surface area contributed by atoms with Gasteiger partial charge in [0.2, 0.25) is 0 Å². The molecule has 3 N–H and O–H groups in total. The van der Waals surface area contributed by atoms with E-state index < -0.39 is 0 Å². The minimum atomic E-state index is -0.0428. The van der Waals surface area contributed by atoms with E-state index in [0.717, 1.165) is 36.7 Å². The number of nitrogens with zero attached hydrogens (tertiary/aromatic N) is 1. The molecule has 1 aliphatic rings. The number of hydrogen-bond donors (Lipinski definition) is 3. The molecule has 0 bridgehead atoms. The molecule has 136 valence electrons. The Kier molecular flexibility index (Phi) is 6.25. The number of carbonyl (C=O) groups is 1. The van der Waals surface area contributed by atoms with Crippen molar-refractivity contribution in [1.82, 2.24) is 10.6 Å². The van der Waals surface area contributed by atoms with Crippen molar-refractivity contribution in [2.24, 2.45) is 4.99 Å². The monoisotopic (exact) mass is 350 g/mol. The van der Waals surface area contributed by atoms with Crippen LogP contribution in [-0.4, -0.2) is 25.0 Å². The van der Waals surface area contributed by atoms with Gasteiger partial charge in [-0.2, -0.15) is 0 Å². The van der Waals surface area contributed by atoms with Crippen molar-refractivity contribution in [2.75, 3.05) is 18.4 Å². The average molecular weight is 350 g/mol. The number of anilines is 1. The minimum Gasteiger partial charge on any atom is -0.354 e. The topological polar surface area (TPSA) is 65.5 Å². The Labute approximate surface area is 154 Å². The van der Waals surface area contributed by atoms with Crippen LogP contribution < -0.4 is 16.0 Å². The second-order valence-electron chi connectivity index (χ2n) is 6.46. The Balaban J connectivity index is 1.49. The first-order chi connectivity index (χ1) is 12.7. The van der Waals surface area contributed by atoms with Gasteiger partial charge < -0.3 is 16.0 Å². The number of rotatable bonds is 7. The maximum absolute atomic E-state index is 12.3. The molecule has 3 rings (SSSR count). The Bertz CT molecular complexity index is 751. The number of guanidine groups is 1. The maximum Gasteiger partial charge on any atom is 0.251 e. The van der Waals surface area contributed by atoms with E-state index in [9.17, 15) is 4.79 Å². The lowest BCUT2D eigenvalue weighted by atomic mass is 10.1. The van der Waals surface area contributed by atoms with Gasteiger partial charge in [-0.05, 0) is 48.2 Å². The van der Waals surface area contributed by atoms with Gasteiger partial charge >= 0.3 is 0 Å². The highest BCUT2D eigenvalue weighted by molar-refractivity contribution is 5.95. The number of benzene rings is 2. The second-order valence-corrected chi connectivity index (χ2v) is 6.46. The third kappa shape index (κ3) is 5.09. The van der Waals surface area contributed by atoms with Crippen LogP contribution in [-0.2, 0) is 13.0 Å². The number of amides is 1. The summed E-state index contributed by atoms with van der Waals surface area (Å²) in [4.78, 5) is 16.6. The van der Waals surface area contributed by atoms with E-state index in [1.54, 1.807) is 0 Å². The number of aryl methyl sites for hydroxylation is 1. The summed E-state index contributed by atoms with van der Waals surface area (Å²) in [5, 5.41) is 9.38. The molecule has 0 saturated heterocycles. The molecule has 0 saturated carbocycles. The van der Waals surface area contributed by atoms with Crippen molar-refractivity contribution < 1.29 is 4.79 Å². The molecular weight excluding hydrogens is 324 g/mol. The van der Waals surface area contributed by atoms with Crippen molar-refractivity contribution in [1.29, 1.82) is 0 Å². The predicted molar refractivity (Wildman–Crippen MR) is 107 cm³/mol. The van der Waals surface area contributed by atoms with Crippen molar-refractivity contribution in [3.63, 3.8) is 0 Å². The van der Waals surface area contributed by atoms with Gasteiger partial charge in [0.1, 0.15) is 0 Å². The number of aliphatic imine (C=N–C) groups is 1. The quantitative estimate of drug-likeness (QED) is 0.718. The zero-order valence-electron chi connectivity index (χ0n) is 15.2. The first kappa shape index (κ1) is 18.0. The molecule has 0 fully saturated rings. The highest BCUT2D eigenvalue weighted by atomic mass is 16.1. The smallest absolute Gasteiger partial charge is 0.251 e. The van der Waals surface area contributed by atoms with E-state index in [2.05, 4.69) is 27.9 Å². The normalized spacial score (nSPS) is 13.0. The van der Waals surface area contributed by atoms with Crippen LogP contribution in [0.1, 0.15) is 41.3 Å². The molecule has 5 nitrogen and oxygen atoms in total. The van der Waals surface area contributed by atoms with Gasteiger partial charge in [0.05, 0.1) is 6.54 Å². The molecule has 0 radical (unpaired) electrons. The van der Waals surface area contributed by atoms with E-state index >= 15 is 0 Å². The van der Waals surface area contributed by atoms with Gasteiger partial charge in [-0.3, -0.25) is 9.79 Å². The fourth-order valence-corrected chi connectivity index (χ4v) is 2.81. The molecule has 2 aromatic rings. The number of nitrogens with one attached hydrogen (secondary N) is 3. The molecule has 0 aromatic heterocycles. The van der Waals surface area contributed by atoms with Crippen LogP contribution in [0, 0.1) is 0 Å². The third-order valence-corrected chi connectivity index (χ3v) is 4.38. The van der Waals surface area contributed by atoms with E-state index in [-0.39, 0.29) is 5.91 Å². The first-order valence-corrected chi connectivity index (χ1v) is 9.26. The predicted octanol–water partition coefficient (Wildman–Crippen LogP) is 3.33. The summed E-state index contributed by atoms with van der Waals surface area (Å²) in [5.74, 6) is 0.771. The molecule has 26 heavy (non-hydrogen) atoms. The molecule has 0 atom stereocenters. The summed E-state index contributed by atoms with van der Waals surface area (Å²) in [6.07, 6.45) is 3.43. The fourth-order valence-electron chi connectivity index (χ4n) is 2.81. The molecule has 0 spiro atoms. The second kappa shape index (κ2) is 9.04. The number of unbranched alkanes of at least 4 members (excludes halogenated alkanes) is 1. The van der Waals surface area contributed by atoms with Crippen LogP contribution in [0.15, 0.2) is 53.5 Å². The summed E-state index contributed by atoms with van der Waals surface area (Å²) in [6, 6.07) is 15.9. The van der Waals surface area contributed by atoms with Crippen LogP contribution in [0.5, 0.6) is 0 Å². The first-order valence-electron chi connectivity index (χ1n) is 9.26. The summed E-state index contributed by atoms with van der Waals surface area (Å²) >= 11 is 0. The standard InChI is InChI=1S/C21H26N4O/c1-2-3-4-16-5-9-18(10-6-16)20(26)24-15-17-7-11-19(12-8-17)25-21-22-13-14-23-21/h5-12H,2-4,13-15H2,1H3,(H,24,26)(H2,22,23,25). The number of hydrogen-bond acceptors (Lipinski definition) is 4. The van der Waals surface area contributed by atoms with E-state index in [4.69, 9.17) is 0 Å². The van der Waals surface area contributed by atoms with Crippen molar-refractivity contribution in [3.05, 3.63) is 65.2 Å². The lowest BCUT2D eigenvalue weighted by Gasteiger charge is -2.09. The number of carbonyl (C=O) groups excluding carboxylic acids is 1. The van der Waals surface area contributed by atoms with Gasteiger partial charge in [0, 0.05) is 24.3 Å². The summed E-state index contributed by atoms with van der Waals surface area (Å²) < 4.78 is 0. The van der Waals surface area contributed by atoms with Gasteiger partial charge in [-0.15, -0.1) is 0 Å². The maximum atomic E-state index is 12.3. The van der Waals surface area contributed by atoms with Crippen molar-refractivity contribution in [3.8, 4) is 0 Å². The van der Waals surface area contributed by atoms with Gasteiger partial charge in [0.15, 0.2) is 5.96 Å². The van der Waals surface area contributed by atoms with Crippen molar-refractivity contribution in [2.45, 2.75) is 32.7 Å². The molecular formula is C21H26N4O. The molecule has 1 amide bonds. The highest BCUT2D eigenvalue weighted by Gasteiger charge is 2.07. The average Bonchev–Trinajstić information content (AvgIpc) is 3.19. The third-order valence-electron chi connectivity index (χ3n) is 4.38. The van der Waals surface area contributed by atoms with E-state index in [1.165, 1.54) is 18.4 Å². The molecule has 1 heterocycles. The zero-order chi connectivity index (χ0) is 18.2. The zero-order valence-corrected chi connectivity index (χ0v) is 15.2. The largest absolute Gasteiger partial charge is 0.354 e. The Morgan fingerprint density at radius 2 is 1.81 bits per heavy atom. The van der Waals surface area contributed by atoms with Crippen molar-refractivity contribution >= 4 is 17.6 Å². The summed E-state index contributed by atoms with van der Waals surface area (Å²) in [7, 11) is 0. The summed E-state index contributed by atoms with van der Waals surface area (Å²) in [5.41, 5.74) is 4.03. The lowest BCUT2D eigenvalue weighted by Crippen LogP contribution is -2.26. The molecule has 2 aromatic carbocycles. The van der Waals surface area contributed by atoms with Gasteiger partial charge in [0.25, 0.3) is 5.91 Å². The molecule has 1 aliphatic heterocycles. The van der Waals surface area contributed by atoms with E-state index in [1.807, 2.05) is 48.5 Å². The van der Waals surface area contributed by atoms with Crippen LogP contribution in [0.25, 0.3) is 0 Å². The van der Waals surface area contributed by atoms with Gasteiger partial charge in [-0.1, -0.05) is 37.6 Å². The molecule has 0 aliphatic carbocycles. The van der Waals surface area contributed by atoms with Crippen LogP contribution >= 0.6 is 0 Å². The van der Waals surface area contributed by atoms with Crippen LogP contribution in [0.2, 0.25) is 0 Å². The minimum absolute atomic E-state index is 0.0428. The SMILES string of the molecule is CCCCc1ccc(C(=O)NCc2ccc(NC3=NCCN3)cc2)cc1.